The van der Waals surface area contributed by atoms with Gasteiger partial charge in [-0.2, -0.15) is 0 Å². The summed E-state index contributed by atoms with van der Waals surface area (Å²) in [5, 5.41) is 11.8. The maximum atomic E-state index is 12.1. The van der Waals surface area contributed by atoms with Gasteiger partial charge in [0, 0.05) is 24.8 Å². The lowest BCUT2D eigenvalue weighted by molar-refractivity contribution is -0.118. The molecular weight excluding hydrogens is 472 g/mol. The highest BCUT2D eigenvalue weighted by atomic mass is 32.2. The highest BCUT2D eigenvalue weighted by Gasteiger charge is 2.18. The fraction of sp³-hybridized carbons (Fsp3) is 0.333. The number of nitrogens with zero attached hydrogens (tertiary/aromatic N) is 3. The van der Waals surface area contributed by atoms with Crippen LogP contribution in [0, 0.1) is 0 Å². The van der Waals surface area contributed by atoms with Crippen LogP contribution in [-0.2, 0) is 9.53 Å². The molecule has 186 valence electrons. The molecule has 0 unspecified atom stereocenters. The lowest BCUT2D eigenvalue weighted by Crippen LogP contribution is -2.28. The predicted molar refractivity (Wildman–Crippen MR) is 133 cm³/mol. The predicted octanol–water partition coefficient (Wildman–Crippen LogP) is 3.09. The summed E-state index contributed by atoms with van der Waals surface area (Å²) in [5.74, 6) is 2.29. The Kier molecular flexibility index (Phi) is 9.50. The van der Waals surface area contributed by atoms with E-state index in [9.17, 15) is 4.79 Å². The number of ether oxygens (including phenoxy) is 5. The Morgan fingerprint density at radius 1 is 0.800 bits per heavy atom. The third-order valence-electron chi connectivity index (χ3n) is 4.94. The molecule has 11 heteroatoms. The topological polar surface area (TPSA) is 114 Å². The number of amides is 1. The molecule has 0 radical (unpaired) electrons. The van der Waals surface area contributed by atoms with Crippen LogP contribution in [0.1, 0.15) is 0 Å². The first-order chi connectivity index (χ1) is 17.0. The average molecular weight is 501 g/mol. The molecule has 0 saturated heterocycles. The summed E-state index contributed by atoms with van der Waals surface area (Å²) in [6.45, 7) is 0.877. The van der Waals surface area contributed by atoms with Crippen LogP contribution in [0.25, 0.3) is 22.5 Å². The number of benzene rings is 2. The number of carbonyl (C=O) groups excluding carboxylic acids is 1. The molecule has 0 aliphatic carbocycles. The monoisotopic (exact) mass is 500 g/mol. The van der Waals surface area contributed by atoms with Crippen molar-refractivity contribution in [2.24, 2.45) is 0 Å². The number of hydrogen-bond acceptors (Lipinski definition) is 10. The average Bonchev–Trinajstić information content (AvgIpc) is 2.91. The zero-order chi connectivity index (χ0) is 25.2. The zero-order valence-corrected chi connectivity index (χ0v) is 21.1. The van der Waals surface area contributed by atoms with Crippen LogP contribution in [0.2, 0.25) is 0 Å². The van der Waals surface area contributed by atoms with Crippen LogP contribution in [0.5, 0.6) is 23.0 Å². The number of hydrogen-bond donors (Lipinski definition) is 1. The molecule has 1 heterocycles. The van der Waals surface area contributed by atoms with Gasteiger partial charge in [-0.1, -0.05) is 11.8 Å². The second-order valence-electron chi connectivity index (χ2n) is 7.06. The molecule has 1 amide bonds. The maximum absolute atomic E-state index is 12.1. The summed E-state index contributed by atoms with van der Waals surface area (Å²) in [4.78, 5) is 16.8. The molecule has 1 aromatic heterocycles. The molecular formula is C24H28N4O6S. The van der Waals surface area contributed by atoms with Gasteiger partial charge in [0.05, 0.1) is 40.8 Å². The minimum absolute atomic E-state index is 0.145. The molecule has 35 heavy (non-hydrogen) atoms. The Hall–Kier alpha value is -3.57. The van der Waals surface area contributed by atoms with Crippen molar-refractivity contribution < 1.29 is 28.5 Å². The Labute approximate surface area is 208 Å². The second kappa shape index (κ2) is 12.8. The van der Waals surface area contributed by atoms with E-state index in [1.807, 2.05) is 24.3 Å². The van der Waals surface area contributed by atoms with Crippen molar-refractivity contribution in [2.45, 2.75) is 5.16 Å². The van der Waals surface area contributed by atoms with Crippen LogP contribution in [0.4, 0.5) is 0 Å². The Bertz CT molecular complexity index is 1160. The summed E-state index contributed by atoms with van der Waals surface area (Å²) in [5.41, 5.74) is 2.58. The minimum Gasteiger partial charge on any atom is -0.493 e. The number of aromatic nitrogens is 3. The van der Waals surface area contributed by atoms with E-state index in [4.69, 9.17) is 28.7 Å². The van der Waals surface area contributed by atoms with Crippen LogP contribution in [-0.4, -0.2) is 75.5 Å². The fourth-order valence-corrected chi connectivity index (χ4v) is 3.83. The Morgan fingerprint density at radius 3 is 1.91 bits per heavy atom. The lowest BCUT2D eigenvalue weighted by atomic mass is 10.0. The van der Waals surface area contributed by atoms with Gasteiger partial charge in [0.2, 0.25) is 11.1 Å². The SMILES string of the molecule is COCCNC(=O)CSc1nnc(-c2ccc(OC)c(OC)c2)c(-c2ccc(OC)c(OC)c2)n1. The van der Waals surface area contributed by atoms with Crippen LogP contribution >= 0.6 is 11.8 Å². The molecule has 3 rings (SSSR count). The largest absolute Gasteiger partial charge is 0.493 e. The van der Waals surface area contributed by atoms with Gasteiger partial charge >= 0.3 is 0 Å². The number of nitrogens with one attached hydrogen (secondary N) is 1. The van der Waals surface area contributed by atoms with E-state index in [0.29, 0.717) is 52.7 Å². The van der Waals surface area contributed by atoms with E-state index in [2.05, 4.69) is 15.5 Å². The van der Waals surface area contributed by atoms with Gasteiger partial charge in [0.15, 0.2) is 23.0 Å². The van der Waals surface area contributed by atoms with E-state index >= 15 is 0 Å². The van der Waals surface area contributed by atoms with Gasteiger partial charge in [0.25, 0.3) is 0 Å². The van der Waals surface area contributed by atoms with Gasteiger partial charge in [-0.05, 0) is 36.4 Å². The highest BCUT2D eigenvalue weighted by molar-refractivity contribution is 7.99. The van der Waals surface area contributed by atoms with Gasteiger partial charge in [-0.25, -0.2) is 4.98 Å². The molecule has 2 aromatic carbocycles. The van der Waals surface area contributed by atoms with Crippen LogP contribution < -0.4 is 24.3 Å². The van der Waals surface area contributed by atoms with E-state index in [0.717, 1.165) is 11.1 Å². The quantitative estimate of drug-likeness (QED) is 0.294. The molecule has 10 nitrogen and oxygen atoms in total. The number of methoxy groups -OCH3 is 5. The Balaban J connectivity index is 2.01. The fourth-order valence-electron chi connectivity index (χ4n) is 3.21. The number of thioether (sulfide) groups is 1. The van der Waals surface area contributed by atoms with Crippen molar-refractivity contribution in [3.05, 3.63) is 36.4 Å². The highest BCUT2D eigenvalue weighted by Crippen LogP contribution is 2.38. The van der Waals surface area contributed by atoms with E-state index in [1.54, 1.807) is 47.7 Å². The van der Waals surface area contributed by atoms with Gasteiger partial charge in [-0.3, -0.25) is 4.79 Å². The molecule has 0 spiro atoms. The molecule has 3 aromatic rings. The maximum Gasteiger partial charge on any atom is 0.230 e. The zero-order valence-electron chi connectivity index (χ0n) is 20.3. The second-order valence-corrected chi connectivity index (χ2v) is 8.01. The smallest absolute Gasteiger partial charge is 0.230 e. The normalized spacial score (nSPS) is 10.5. The van der Waals surface area contributed by atoms with Crippen molar-refractivity contribution in [1.82, 2.24) is 20.5 Å². The van der Waals surface area contributed by atoms with E-state index in [-0.39, 0.29) is 11.7 Å². The summed E-state index contributed by atoms with van der Waals surface area (Å²) < 4.78 is 26.6. The molecule has 1 N–H and O–H groups in total. The number of carbonyl (C=O) groups is 1. The van der Waals surface area contributed by atoms with Gasteiger partial charge in [-0.15, -0.1) is 10.2 Å². The number of rotatable bonds is 12. The molecule has 0 atom stereocenters. The first-order valence-electron chi connectivity index (χ1n) is 10.6. The van der Waals surface area contributed by atoms with Gasteiger partial charge < -0.3 is 29.0 Å². The first kappa shape index (κ1) is 26.0. The molecule has 0 saturated carbocycles. The standard InChI is InChI=1S/C24H28N4O6S/c1-30-11-10-25-21(29)14-35-24-26-22(15-6-8-17(31-2)19(12-15)33-4)23(27-28-24)16-7-9-18(32-3)20(13-16)34-5/h6-9,12-13H,10-11,14H2,1-5H3,(H,25,29). The lowest BCUT2D eigenvalue weighted by Gasteiger charge is -2.14. The summed E-state index contributed by atoms with van der Waals surface area (Å²) in [6, 6.07) is 10.9. The van der Waals surface area contributed by atoms with Crippen molar-refractivity contribution >= 4 is 17.7 Å². The summed E-state index contributed by atoms with van der Waals surface area (Å²) >= 11 is 1.19. The van der Waals surface area contributed by atoms with Crippen molar-refractivity contribution in [3.63, 3.8) is 0 Å². The van der Waals surface area contributed by atoms with E-state index in [1.165, 1.54) is 11.8 Å². The molecule has 0 aliphatic rings. The van der Waals surface area contributed by atoms with Crippen molar-refractivity contribution in [2.75, 3.05) is 54.5 Å². The molecule has 0 bridgehead atoms. The van der Waals surface area contributed by atoms with Crippen LogP contribution in [0.15, 0.2) is 41.6 Å². The van der Waals surface area contributed by atoms with Crippen LogP contribution in [0.3, 0.4) is 0 Å². The third kappa shape index (κ3) is 6.52. The molecule has 0 fully saturated rings. The summed E-state index contributed by atoms with van der Waals surface area (Å²) in [6.07, 6.45) is 0. The van der Waals surface area contributed by atoms with E-state index < -0.39 is 0 Å². The molecule has 0 aliphatic heterocycles. The first-order valence-corrected chi connectivity index (χ1v) is 11.6. The minimum atomic E-state index is -0.146. The van der Waals surface area contributed by atoms with Crippen molar-refractivity contribution in [1.29, 1.82) is 0 Å². The van der Waals surface area contributed by atoms with Crippen molar-refractivity contribution in [3.8, 4) is 45.5 Å². The summed E-state index contributed by atoms with van der Waals surface area (Å²) in [7, 11) is 7.86. The third-order valence-corrected chi connectivity index (χ3v) is 5.78. The Morgan fingerprint density at radius 2 is 1.37 bits per heavy atom. The van der Waals surface area contributed by atoms with Gasteiger partial charge in [0.1, 0.15) is 11.4 Å².